The zero-order valence-electron chi connectivity index (χ0n) is 10.2. The maximum Gasteiger partial charge on any atom is 0.224 e. The molecular weight excluding hydrogens is 214 g/mol. The van der Waals surface area contributed by atoms with Crippen molar-refractivity contribution < 1.29 is 4.79 Å². The molecule has 2 unspecified atom stereocenters. The summed E-state index contributed by atoms with van der Waals surface area (Å²) in [6, 6.07) is 5.59. The Balaban J connectivity index is 2.20. The van der Waals surface area contributed by atoms with Crippen LogP contribution in [0, 0.1) is 0 Å². The van der Waals surface area contributed by atoms with Gasteiger partial charge in [-0.15, -0.1) is 0 Å². The quantitative estimate of drug-likeness (QED) is 0.857. The molecule has 1 fully saturated rings. The maximum atomic E-state index is 11.9. The Kier molecular flexibility index (Phi) is 3.74. The van der Waals surface area contributed by atoms with Gasteiger partial charge in [0, 0.05) is 25.2 Å². The van der Waals surface area contributed by atoms with Crippen LogP contribution in [0.3, 0.4) is 0 Å². The number of aromatic nitrogens is 1. The standard InChI is InChI=1S/C13H19N3O/c1-2-3-8-16-12(17)9-10(14)13(16)11-6-4-5-7-15-11/h4-7,10,13H,2-3,8-9,14H2,1H3. The van der Waals surface area contributed by atoms with E-state index in [1.54, 1.807) is 6.20 Å². The van der Waals surface area contributed by atoms with Gasteiger partial charge < -0.3 is 10.6 Å². The van der Waals surface area contributed by atoms with Crippen LogP contribution in [0.25, 0.3) is 0 Å². The van der Waals surface area contributed by atoms with E-state index < -0.39 is 0 Å². The first-order chi connectivity index (χ1) is 8.24. The second-order valence-electron chi connectivity index (χ2n) is 4.51. The van der Waals surface area contributed by atoms with Crippen molar-refractivity contribution in [2.75, 3.05) is 6.54 Å². The fourth-order valence-corrected chi connectivity index (χ4v) is 2.34. The molecule has 0 bridgehead atoms. The first-order valence-electron chi connectivity index (χ1n) is 6.20. The van der Waals surface area contributed by atoms with Crippen molar-refractivity contribution in [2.45, 2.75) is 38.3 Å². The van der Waals surface area contributed by atoms with Crippen molar-refractivity contribution in [3.8, 4) is 0 Å². The lowest BCUT2D eigenvalue weighted by atomic mass is 10.1. The van der Waals surface area contributed by atoms with Gasteiger partial charge in [0.25, 0.3) is 0 Å². The Labute approximate surface area is 102 Å². The summed E-state index contributed by atoms with van der Waals surface area (Å²) in [7, 11) is 0. The van der Waals surface area contributed by atoms with E-state index in [1.807, 2.05) is 23.1 Å². The number of carbonyl (C=O) groups is 1. The van der Waals surface area contributed by atoms with E-state index in [1.165, 1.54) is 0 Å². The molecule has 1 aromatic heterocycles. The Hall–Kier alpha value is -1.42. The predicted molar refractivity (Wildman–Crippen MR) is 66.2 cm³/mol. The summed E-state index contributed by atoms with van der Waals surface area (Å²) in [5.74, 6) is 0.154. The molecule has 1 saturated heterocycles. The molecule has 0 spiro atoms. The predicted octanol–water partition coefficient (Wildman–Crippen LogP) is 1.48. The van der Waals surface area contributed by atoms with E-state index in [0.717, 1.165) is 25.1 Å². The van der Waals surface area contributed by atoms with E-state index in [2.05, 4.69) is 11.9 Å². The van der Waals surface area contributed by atoms with Gasteiger partial charge >= 0.3 is 0 Å². The lowest BCUT2D eigenvalue weighted by Gasteiger charge is -2.26. The van der Waals surface area contributed by atoms with Gasteiger partial charge in [-0.3, -0.25) is 9.78 Å². The monoisotopic (exact) mass is 233 g/mol. The average molecular weight is 233 g/mol. The molecule has 1 amide bonds. The van der Waals surface area contributed by atoms with Crippen LogP contribution in [0.1, 0.15) is 37.9 Å². The van der Waals surface area contributed by atoms with E-state index in [4.69, 9.17) is 5.73 Å². The van der Waals surface area contributed by atoms with E-state index in [0.29, 0.717) is 6.42 Å². The lowest BCUT2D eigenvalue weighted by molar-refractivity contribution is -0.129. The van der Waals surface area contributed by atoms with Crippen LogP contribution in [0.15, 0.2) is 24.4 Å². The molecule has 1 aliphatic rings. The Morgan fingerprint density at radius 3 is 3.00 bits per heavy atom. The van der Waals surface area contributed by atoms with Crippen LogP contribution in [-0.2, 0) is 4.79 Å². The van der Waals surface area contributed by atoms with Gasteiger partial charge in [0.05, 0.1) is 11.7 Å². The zero-order valence-corrected chi connectivity index (χ0v) is 10.2. The first-order valence-corrected chi connectivity index (χ1v) is 6.20. The van der Waals surface area contributed by atoms with Crippen molar-refractivity contribution in [3.05, 3.63) is 30.1 Å². The average Bonchev–Trinajstić information content (AvgIpc) is 2.62. The number of hydrogen-bond donors (Lipinski definition) is 1. The largest absolute Gasteiger partial charge is 0.332 e. The van der Waals surface area contributed by atoms with Crippen molar-refractivity contribution in [2.24, 2.45) is 5.73 Å². The summed E-state index contributed by atoms with van der Waals surface area (Å²) in [6.45, 7) is 2.90. The molecule has 0 radical (unpaired) electrons. The molecule has 2 N–H and O–H groups in total. The van der Waals surface area contributed by atoms with E-state index in [-0.39, 0.29) is 18.0 Å². The molecular formula is C13H19N3O. The van der Waals surface area contributed by atoms with Crippen molar-refractivity contribution in [1.29, 1.82) is 0 Å². The molecule has 0 saturated carbocycles. The SMILES string of the molecule is CCCCN1C(=O)CC(N)C1c1ccccn1. The fraction of sp³-hybridized carbons (Fsp3) is 0.538. The Morgan fingerprint density at radius 1 is 1.53 bits per heavy atom. The van der Waals surface area contributed by atoms with E-state index in [9.17, 15) is 4.79 Å². The van der Waals surface area contributed by atoms with Crippen molar-refractivity contribution in [1.82, 2.24) is 9.88 Å². The minimum Gasteiger partial charge on any atom is -0.332 e. The fourth-order valence-electron chi connectivity index (χ4n) is 2.34. The molecule has 92 valence electrons. The highest BCUT2D eigenvalue weighted by atomic mass is 16.2. The molecule has 1 aromatic rings. The number of carbonyl (C=O) groups excluding carboxylic acids is 1. The van der Waals surface area contributed by atoms with Crippen LogP contribution in [0.2, 0.25) is 0 Å². The molecule has 0 aromatic carbocycles. The molecule has 2 atom stereocenters. The number of amides is 1. The second-order valence-corrected chi connectivity index (χ2v) is 4.51. The number of nitrogens with zero attached hydrogens (tertiary/aromatic N) is 2. The van der Waals surface area contributed by atoms with Crippen LogP contribution < -0.4 is 5.73 Å². The third-order valence-corrected chi connectivity index (χ3v) is 3.22. The smallest absolute Gasteiger partial charge is 0.224 e. The molecule has 4 nitrogen and oxygen atoms in total. The van der Waals surface area contributed by atoms with Crippen LogP contribution in [0.4, 0.5) is 0 Å². The zero-order chi connectivity index (χ0) is 12.3. The molecule has 2 rings (SSSR count). The molecule has 17 heavy (non-hydrogen) atoms. The van der Waals surface area contributed by atoms with Gasteiger partial charge in [-0.05, 0) is 18.6 Å². The summed E-state index contributed by atoms with van der Waals surface area (Å²) in [5, 5.41) is 0. The number of nitrogens with two attached hydrogens (primary N) is 1. The van der Waals surface area contributed by atoms with Crippen molar-refractivity contribution >= 4 is 5.91 Å². The Bertz CT molecular complexity index is 380. The number of unbranched alkanes of at least 4 members (excludes halogenated alkanes) is 1. The van der Waals surface area contributed by atoms with Crippen LogP contribution >= 0.6 is 0 Å². The summed E-state index contributed by atoms with van der Waals surface area (Å²) >= 11 is 0. The van der Waals surface area contributed by atoms with E-state index >= 15 is 0 Å². The van der Waals surface area contributed by atoms with Crippen LogP contribution in [0.5, 0.6) is 0 Å². The third kappa shape index (κ3) is 2.47. The summed E-state index contributed by atoms with van der Waals surface area (Å²) in [6.07, 6.45) is 4.28. The normalized spacial score (nSPS) is 24.4. The summed E-state index contributed by atoms with van der Waals surface area (Å²) in [4.78, 5) is 18.1. The maximum absolute atomic E-state index is 11.9. The lowest BCUT2D eigenvalue weighted by Crippen LogP contribution is -2.34. The van der Waals surface area contributed by atoms with Gasteiger partial charge in [0.15, 0.2) is 0 Å². The third-order valence-electron chi connectivity index (χ3n) is 3.22. The molecule has 1 aliphatic heterocycles. The highest BCUT2D eigenvalue weighted by Gasteiger charge is 2.38. The topological polar surface area (TPSA) is 59.2 Å². The second kappa shape index (κ2) is 5.27. The van der Waals surface area contributed by atoms with Crippen molar-refractivity contribution in [3.63, 3.8) is 0 Å². The molecule has 0 aliphatic carbocycles. The molecule has 4 heteroatoms. The Morgan fingerprint density at radius 2 is 2.35 bits per heavy atom. The van der Waals surface area contributed by atoms with Gasteiger partial charge in [0.2, 0.25) is 5.91 Å². The van der Waals surface area contributed by atoms with Crippen LogP contribution in [-0.4, -0.2) is 28.4 Å². The summed E-state index contributed by atoms with van der Waals surface area (Å²) < 4.78 is 0. The number of likely N-dealkylation sites (tertiary alicyclic amines) is 1. The number of rotatable bonds is 4. The van der Waals surface area contributed by atoms with Gasteiger partial charge in [-0.25, -0.2) is 0 Å². The highest BCUT2D eigenvalue weighted by molar-refractivity contribution is 5.80. The van der Waals surface area contributed by atoms with Gasteiger partial charge in [-0.1, -0.05) is 19.4 Å². The first kappa shape index (κ1) is 12.0. The summed E-state index contributed by atoms with van der Waals surface area (Å²) in [5.41, 5.74) is 6.97. The number of pyridine rings is 1. The minimum atomic E-state index is -0.130. The minimum absolute atomic E-state index is 0.0461. The van der Waals surface area contributed by atoms with Gasteiger partial charge in [-0.2, -0.15) is 0 Å². The molecule has 2 heterocycles. The number of hydrogen-bond acceptors (Lipinski definition) is 3. The highest BCUT2D eigenvalue weighted by Crippen LogP contribution is 2.30. The van der Waals surface area contributed by atoms with Gasteiger partial charge in [0.1, 0.15) is 0 Å².